The lowest BCUT2D eigenvalue weighted by Gasteiger charge is -1.88. The van der Waals surface area contributed by atoms with Crippen LogP contribution in [0.2, 0.25) is 0 Å². The van der Waals surface area contributed by atoms with Gasteiger partial charge in [0.25, 0.3) is 0 Å². The number of hydrogen-bond donors (Lipinski definition) is 2. The van der Waals surface area contributed by atoms with Crippen molar-refractivity contribution in [1.82, 2.24) is 0 Å². The van der Waals surface area contributed by atoms with E-state index in [0.717, 1.165) is 0 Å². The number of amidine groups is 1. The third-order valence-electron chi connectivity index (χ3n) is 0.763. The minimum Gasteiger partial charge on any atom is -0.508 e. The quantitative estimate of drug-likeness (QED) is 0.246. The van der Waals surface area contributed by atoms with Gasteiger partial charge in [0.2, 0.25) is 0 Å². The molecule has 0 aromatic rings. The van der Waals surface area contributed by atoms with Crippen LogP contribution in [0.25, 0.3) is 0 Å². The van der Waals surface area contributed by atoms with Gasteiger partial charge in [-0.25, -0.2) is 0 Å². The molecule has 0 aliphatic carbocycles. The number of rotatable bonds is 2. The van der Waals surface area contributed by atoms with E-state index in [0.29, 0.717) is 0 Å². The average molecular weight is 126 g/mol. The Morgan fingerprint density at radius 2 is 2.33 bits per heavy atom. The number of allylic oxidation sites excluding steroid dienone is 1. The summed E-state index contributed by atoms with van der Waals surface area (Å²) in [7, 11) is 1.54. The number of aliphatic hydroxyl groups excluding tert-OH is 1. The van der Waals surface area contributed by atoms with E-state index in [2.05, 4.69) is 11.6 Å². The third kappa shape index (κ3) is 3.34. The molecule has 0 heterocycles. The van der Waals surface area contributed by atoms with Gasteiger partial charge in [0.1, 0.15) is 11.6 Å². The molecule has 0 amide bonds. The van der Waals surface area contributed by atoms with Gasteiger partial charge in [0.15, 0.2) is 0 Å². The van der Waals surface area contributed by atoms with Crippen molar-refractivity contribution < 1.29 is 5.11 Å². The van der Waals surface area contributed by atoms with Crippen LogP contribution in [0, 0.1) is 0 Å². The fourth-order valence-corrected chi connectivity index (χ4v) is 0.275. The van der Waals surface area contributed by atoms with E-state index in [1.54, 1.807) is 7.05 Å². The van der Waals surface area contributed by atoms with Crippen molar-refractivity contribution in [3.63, 3.8) is 0 Å². The first-order valence-electron chi connectivity index (χ1n) is 2.46. The van der Waals surface area contributed by atoms with E-state index < -0.39 is 0 Å². The molecule has 0 saturated carbocycles. The Bertz CT molecular complexity index is 158. The number of hydrogen-bond acceptors (Lipinski definition) is 2. The molecule has 0 spiro atoms. The summed E-state index contributed by atoms with van der Waals surface area (Å²) in [5.41, 5.74) is 5.22. The molecule has 0 saturated heterocycles. The smallest absolute Gasteiger partial charge is 0.121 e. The Labute approximate surface area is 54.2 Å². The molecule has 0 bridgehead atoms. The zero-order chi connectivity index (χ0) is 7.28. The van der Waals surface area contributed by atoms with Crippen molar-refractivity contribution in [3.8, 4) is 0 Å². The molecule has 3 heteroatoms. The van der Waals surface area contributed by atoms with Crippen LogP contribution in [0.5, 0.6) is 0 Å². The number of aliphatic hydroxyl groups is 1. The van der Waals surface area contributed by atoms with E-state index in [4.69, 9.17) is 10.8 Å². The summed E-state index contributed by atoms with van der Waals surface area (Å²) < 4.78 is 0. The maximum Gasteiger partial charge on any atom is 0.121 e. The summed E-state index contributed by atoms with van der Waals surface area (Å²) >= 11 is 0. The van der Waals surface area contributed by atoms with Gasteiger partial charge in [-0.15, -0.1) is 0 Å². The van der Waals surface area contributed by atoms with E-state index >= 15 is 0 Å². The number of nitrogens with two attached hydrogens (primary N) is 1. The van der Waals surface area contributed by atoms with Gasteiger partial charge < -0.3 is 10.8 Å². The molecule has 0 aliphatic heterocycles. The van der Waals surface area contributed by atoms with Crippen LogP contribution in [-0.2, 0) is 0 Å². The van der Waals surface area contributed by atoms with Crippen molar-refractivity contribution in [2.75, 3.05) is 7.05 Å². The Hall–Kier alpha value is -1.25. The van der Waals surface area contributed by atoms with Crippen molar-refractivity contribution in [1.29, 1.82) is 0 Å². The summed E-state index contributed by atoms with van der Waals surface area (Å²) in [4.78, 5) is 3.59. The van der Waals surface area contributed by atoms with E-state index in [1.165, 1.54) is 12.2 Å². The number of aliphatic imine (C=N–C) groups is 1. The molecular formula is C6H10N2O. The Morgan fingerprint density at radius 3 is 2.67 bits per heavy atom. The van der Waals surface area contributed by atoms with E-state index in [1.807, 2.05) is 0 Å². The van der Waals surface area contributed by atoms with Gasteiger partial charge in [-0.3, -0.25) is 4.99 Å². The van der Waals surface area contributed by atoms with Gasteiger partial charge in [0.05, 0.1) is 0 Å². The minimum atomic E-state index is 0.0260. The molecule has 0 aromatic carbocycles. The van der Waals surface area contributed by atoms with Crippen LogP contribution in [-0.4, -0.2) is 18.0 Å². The molecule has 0 aliphatic rings. The summed E-state index contributed by atoms with van der Waals surface area (Å²) in [5, 5.41) is 8.74. The van der Waals surface area contributed by atoms with Gasteiger partial charge in [0, 0.05) is 13.1 Å². The molecule has 0 fully saturated rings. The number of nitrogens with zero attached hydrogens (tertiary/aromatic N) is 1. The zero-order valence-electron chi connectivity index (χ0n) is 5.33. The molecular weight excluding hydrogens is 116 g/mol. The van der Waals surface area contributed by atoms with Crippen LogP contribution in [0.15, 0.2) is 29.5 Å². The summed E-state index contributed by atoms with van der Waals surface area (Å²) in [6.07, 6.45) is 2.62. The highest BCUT2D eigenvalue weighted by Crippen LogP contribution is 1.86. The van der Waals surface area contributed by atoms with Gasteiger partial charge >= 0.3 is 0 Å². The highest BCUT2D eigenvalue weighted by molar-refractivity contribution is 5.91. The van der Waals surface area contributed by atoms with E-state index in [9.17, 15) is 0 Å². The van der Waals surface area contributed by atoms with Gasteiger partial charge in [-0.1, -0.05) is 6.58 Å². The van der Waals surface area contributed by atoms with Crippen molar-refractivity contribution in [3.05, 3.63) is 24.5 Å². The van der Waals surface area contributed by atoms with E-state index in [-0.39, 0.29) is 11.6 Å². The summed E-state index contributed by atoms with van der Waals surface area (Å²) in [6, 6.07) is 0. The van der Waals surface area contributed by atoms with Crippen LogP contribution in [0.3, 0.4) is 0 Å². The van der Waals surface area contributed by atoms with Crippen LogP contribution in [0.1, 0.15) is 0 Å². The zero-order valence-corrected chi connectivity index (χ0v) is 5.33. The normalized spacial score (nSPS) is 13.4. The second kappa shape index (κ2) is 3.72. The second-order valence-electron chi connectivity index (χ2n) is 1.42. The average Bonchev–Trinajstić information content (AvgIpc) is 1.87. The largest absolute Gasteiger partial charge is 0.508 e. The SMILES string of the molecule is C=C/C(O)=C\C(N)=NC. The third-order valence-corrected chi connectivity index (χ3v) is 0.763. The molecule has 3 nitrogen and oxygen atoms in total. The first-order valence-corrected chi connectivity index (χ1v) is 2.46. The highest BCUT2D eigenvalue weighted by atomic mass is 16.3. The summed E-state index contributed by atoms with van der Waals surface area (Å²) in [5.74, 6) is 0.311. The maximum atomic E-state index is 8.74. The first kappa shape index (κ1) is 7.75. The molecule has 0 radical (unpaired) electrons. The fraction of sp³-hybridized carbons (Fsp3) is 0.167. The molecule has 50 valence electrons. The maximum absolute atomic E-state index is 8.74. The van der Waals surface area contributed by atoms with Crippen molar-refractivity contribution in [2.45, 2.75) is 0 Å². The Morgan fingerprint density at radius 1 is 1.78 bits per heavy atom. The standard InChI is InChI=1S/C6H10N2O/c1-3-5(9)4-6(7)8-2/h3-4,9H,1H2,2H3,(H2,7,8)/b5-4+. The monoisotopic (exact) mass is 126 g/mol. The predicted molar refractivity (Wildman–Crippen MR) is 38.5 cm³/mol. The lowest BCUT2D eigenvalue weighted by molar-refractivity contribution is 0.433. The lowest BCUT2D eigenvalue weighted by atomic mass is 10.4. The topological polar surface area (TPSA) is 58.6 Å². The molecule has 9 heavy (non-hydrogen) atoms. The molecule has 0 rings (SSSR count). The second-order valence-corrected chi connectivity index (χ2v) is 1.42. The Kier molecular flexibility index (Phi) is 3.20. The molecule has 0 aromatic heterocycles. The predicted octanol–water partition coefficient (Wildman–Crippen LogP) is 0.601. The van der Waals surface area contributed by atoms with Crippen LogP contribution >= 0.6 is 0 Å². The minimum absolute atomic E-state index is 0.0260. The van der Waals surface area contributed by atoms with Crippen molar-refractivity contribution >= 4 is 5.84 Å². The molecule has 3 N–H and O–H groups in total. The van der Waals surface area contributed by atoms with Gasteiger partial charge in [-0.2, -0.15) is 0 Å². The highest BCUT2D eigenvalue weighted by Gasteiger charge is 1.84. The summed E-state index contributed by atoms with van der Waals surface area (Å²) in [6.45, 7) is 3.32. The fourth-order valence-electron chi connectivity index (χ4n) is 0.275. The molecule has 0 unspecified atom stereocenters. The van der Waals surface area contributed by atoms with Crippen LogP contribution < -0.4 is 5.73 Å². The first-order chi connectivity index (χ1) is 4.20. The lowest BCUT2D eigenvalue weighted by Crippen LogP contribution is -2.07. The van der Waals surface area contributed by atoms with Crippen molar-refractivity contribution in [2.24, 2.45) is 10.7 Å². The Balaban J connectivity index is 4.11. The van der Waals surface area contributed by atoms with Crippen LogP contribution in [0.4, 0.5) is 0 Å². The van der Waals surface area contributed by atoms with Gasteiger partial charge in [-0.05, 0) is 6.08 Å². The molecule has 0 atom stereocenters.